The molecule has 1 heterocycles. The van der Waals surface area contributed by atoms with E-state index in [1.165, 1.54) is 0 Å². The van der Waals surface area contributed by atoms with Gasteiger partial charge >= 0.3 is 0 Å². The minimum atomic E-state index is -0.705. The summed E-state index contributed by atoms with van der Waals surface area (Å²) in [4.78, 5) is 17.7. The Morgan fingerprint density at radius 1 is 0.935 bits per heavy atom. The van der Waals surface area contributed by atoms with Crippen LogP contribution in [0.2, 0.25) is 0 Å². The maximum Gasteiger partial charge on any atom is 0.268 e. The van der Waals surface area contributed by atoms with Gasteiger partial charge in [-0.25, -0.2) is 0 Å². The van der Waals surface area contributed by atoms with Gasteiger partial charge in [-0.2, -0.15) is 0 Å². The summed E-state index contributed by atoms with van der Waals surface area (Å²) in [5, 5.41) is 0. The van der Waals surface area contributed by atoms with Crippen LogP contribution in [0.15, 0.2) is 84.9 Å². The summed E-state index contributed by atoms with van der Waals surface area (Å²) >= 11 is 0. The molecule has 4 rings (SSSR count). The lowest BCUT2D eigenvalue weighted by atomic mass is 10.1. The third-order valence-corrected chi connectivity index (χ3v) is 5.58. The fraction of sp³-hybridized carbons (Fsp3) is 0.269. The van der Waals surface area contributed by atoms with Gasteiger partial charge < -0.3 is 19.3 Å². The molecule has 31 heavy (non-hydrogen) atoms. The van der Waals surface area contributed by atoms with Gasteiger partial charge in [0.25, 0.3) is 5.91 Å². The zero-order valence-electron chi connectivity index (χ0n) is 18.0. The fourth-order valence-electron chi connectivity index (χ4n) is 3.95. The number of nitrogens with zero attached hydrogens (tertiary/aromatic N) is 2. The van der Waals surface area contributed by atoms with Crippen LogP contribution >= 0.6 is 0 Å². The number of amides is 1. The number of hydrogen-bond donors (Lipinski definition) is 0. The number of carbonyl (C=O) groups is 1. The van der Waals surface area contributed by atoms with Crippen LogP contribution in [0.25, 0.3) is 0 Å². The lowest BCUT2D eigenvalue weighted by Gasteiger charge is -2.42. The summed E-state index contributed by atoms with van der Waals surface area (Å²) < 4.78 is 12.0. The zero-order chi connectivity index (χ0) is 21.6. The number of ether oxygens (including phenoxy) is 2. The molecule has 0 radical (unpaired) electrons. The first kappa shape index (κ1) is 20.9. The second-order valence-corrected chi connectivity index (χ2v) is 7.73. The summed E-state index contributed by atoms with van der Waals surface area (Å²) in [7, 11) is 1.69. The number of aryl methyl sites for hydroxylation is 1. The van der Waals surface area contributed by atoms with E-state index in [0.29, 0.717) is 25.4 Å². The quantitative estimate of drug-likeness (QED) is 0.596. The number of rotatable bonds is 6. The molecule has 5 nitrogen and oxygen atoms in total. The number of carbonyl (C=O) groups excluding carboxylic acids is 1. The second kappa shape index (κ2) is 9.67. The van der Waals surface area contributed by atoms with E-state index in [1.54, 1.807) is 7.11 Å². The first-order valence-corrected chi connectivity index (χ1v) is 10.6. The van der Waals surface area contributed by atoms with Crippen molar-refractivity contribution in [3.05, 3.63) is 96.1 Å². The van der Waals surface area contributed by atoms with Crippen molar-refractivity contribution in [2.75, 3.05) is 31.6 Å². The van der Waals surface area contributed by atoms with Crippen LogP contribution in [0, 0.1) is 6.92 Å². The summed E-state index contributed by atoms with van der Waals surface area (Å²) in [6, 6.07) is 27.6. The molecule has 5 heteroatoms. The molecule has 1 amide bonds. The molecule has 0 aliphatic carbocycles. The topological polar surface area (TPSA) is 42.0 Å². The molecule has 2 atom stereocenters. The van der Waals surface area contributed by atoms with Gasteiger partial charge in [-0.1, -0.05) is 60.7 Å². The average molecular weight is 417 g/mol. The molecule has 160 valence electrons. The van der Waals surface area contributed by atoms with Crippen molar-refractivity contribution in [3.63, 3.8) is 0 Å². The van der Waals surface area contributed by atoms with E-state index < -0.39 is 6.10 Å². The minimum absolute atomic E-state index is 0.0533. The van der Waals surface area contributed by atoms with E-state index in [4.69, 9.17) is 9.47 Å². The van der Waals surface area contributed by atoms with Gasteiger partial charge in [-0.05, 0) is 36.8 Å². The number of piperazine rings is 1. The van der Waals surface area contributed by atoms with Crippen molar-refractivity contribution in [3.8, 4) is 5.75 Å². The van der Waals surface area contributed by atoms with Crippen LogP contribution in [0.3, 0.4) is 0 Å². The number of methoxy groups -OCH3 is 1. The normalized spacial score (nSPS) is 17.3. The first-order chi connectivity index (χ1) is 15.2. The van der Waals surface area contributed by atoms with Crippen LogP contribution in [-0.2, 0) is 9.53 Å². The molecule has 0 saturated carbocycles. The molecule has 0 bridgehead atoms. The number of para-hydroxylation sites is 1. The predicted octanol–water partition coefficient (Wildman–Crippen LogP) is 4.44. The smallest absolute Gasteiger partial charge is 0.268 e. The maximum absolute atomic E-state index is 13.6. The molecule has 3 aromatic rings. The van der Waals surface area contributed by atoms with E-state index in [2.05, 4.69) is 17.0 Å². The summed E-state index contributed by atoms with van der Waals surface area (Å²) in [6.45, 7) is 3.79. The standard InChI is InChI=1S/C26H28N2O3/c1-20-10-9-15-23(18-20)31-25(21-11-5-3-6-12-21)26(29)27-16-17-28(24(19-27)30-2)22-13-7-4-8-14-22/h3-15,18,24-25H,16-17,19H2,1-2H3. The van der Waals surface area contributed by atoms with Crippen molar-refractivity contribution in [1.82, 2.24) is 4.90 Å². The van der Waals surface area contributed by atoms with Crippen molar-refractivity contribution >= 4 is 11.6 Å². The molecule has 0 N–H and O–H groups in total. The van der Waals surface area contributed by atoms with E-state index in [0.717, 1.165) is 16.8 Å². The summed E-state index contributed by atoms with van der Waals surface area (Å²) in [5.41, 5.74) is 3.03. The van der Waals surface area contributed by atoms with Crippen molar-refractivity contribution in [2.45, 2.75) is 19.3 Å². The fourth-order valence-corrected chi connectivity index (χ4v) is 3.95. The number of anilines is 1. The highest BCUT2D eigenvalue weighted by molar-refractivity contribution is 5.83. The predicted molar refractivity (Wildman–Crippen MR) is 122 cm³/mol. The van der Waals surface area contributed by atoms with E-state index in [9.17, 15) is 4.79 Å². The Morgan fingerprint density at radius 2 is 1.65 bits per heavy atom. The Hall–Kier alpha value is -3.31. The molecule has 3 aromatic carbocycles. The Bertz CT molecular complexity index is 994. The van der Waals surface area contributed by atoms with E-state index in [-0.39, 0.29) is 12.1 Å². The lowest BCUT2D eigenvalue weighted by Crippen LogP contribution is -2.56. The van der Waals surface area contributed by atoms with Crippen molar-refractivity contribution in [2.24, 2.45) is 0 Å². The highest BCUT2D eigenvalue weighted by Crippen LogP contribution is 2.27. The molecule has 0 spiro atoms. The van der Waals surface area contributed by atoms with Gasteiger partial charge in [0.1, 0.15) is 12.0 Å². The maximum atomic E-state index is 13.6. The van der Waals surface area contributed by atoms with Gasteiger partial charge in [0, 0.05) is 31.5 Å². The van der Waals surface area contributed by atoms with Gasteiger partial charge in [-0.15, -0.1) is 0 Å². The second-order valence-electron chi connectivity index (χ2n) is 7.73. The molecule has 1 saturated heterocycles. The summed E-state index contributed by atoms with van der Waals surface area (Å²) in [5.74, 6) is 0.635. The molecule has 1 aliphatic rings. The van der Waals surface area contributed by atoms with Gasteiger partial charge in [-0.3, -0.25) is 4.79 Å². The SMILES string of the molecule is COC1CN(C(=O)C(Oc2cccc(C)c2)c2ccccc2)CCN1c1ccccc1. The molecule has 1 aliphatic heterocycles. The number of hydrogen-bond acceptors (Lipinski definition) is 4. The highest BCUT2D eigenvalue weighted by atomic mass is 16.5. The van der Waals surface area contributed by atoms with Gasteiger partial charge in [0.05, 0.1) is 6.54 Å². The molecule has 2 unspecified atom stereocenters. The minimum Gasteiger partial charge on any atom is -0.476 e. The Labute approximate surface area is 183 Å². The van der Waals surface area contributed by atoms with Gasteiger partial charge in [0.2, 0.25) is 6.10 Å². The van der Waals surface area contributed by atoms with E-state index in [1.807, 2.05) is 84.6 Å². The number of benzene rings is 3. The van der Waals surface area contributed by atoms with E-state index >= 15 is 0 Å². The zero-order valence-corrected chi connectivity index (χ0v) is 18.0. The van der Waals surface area contributed by atoms with Crippen LogP contribution in [-0.4, -0.2) is 43.8 Å². The van der Waals surface area contributed by atoms with Crippen LogP contribution in [0.5, 0.6) is 5.75 Å². The highest BCUT2D eigenvalue weighted by Gasteiger charge is 2.34. The average Bonchev–Trinajstić information content (AvgIpc) is 2.83. The Balaban J connectivity index is 1.55. The van der Waals surface area contributed by atoms with Gasteiger partial charge in [0.15, 0.2) is 0 Å². The Morgan fingerprint density at radius 3 is 2.32 bits per heavy atom. The third kappa shape index (κ3) is 4.89. The van der Waals surface area contributed by atoms with Crippen molar-refractivity contribution in [1.29, 1.82) is 0 Å². The third-order valence-electron chi connectivity index (χ3n) is 5.58. The van der Waals surface area contributed by atoms with Crippen molar-refractivity contribution < 1.29 is 14.3 Å². The monoisotopic (exact) mass is 416 g/mol. The largest absolute Gasteiger partial charge is 0.476 e. The van der Waals surface area contributed by atoms with Crippen LogP contribution in [0.1, 0.15) is 17.2 Å². The Kier molecular flexibility index (Phi) is 6.53. The van der Waals surface area contributed by atoms with Crippen LogP contribution < -0.4 is 9.64 Å². The van der Waals surface area contributed by atoms with Crippen LogP contribution in [0.4, 0.5) is 5.69 Å². The molecule has 0 aromatic heterocycles. The molecule has 1 fully saturated rings. The summed E-state index contributed by atoms with van der Waals surface area (Å²) in [6.07, 6.45) is -0.917. The lowest BCUT2D eigenvalue weighted by molar-refractivity contribution is -0.142. The molecular weight excluding hydrogens is 388 g/mol. The first-order valence-electron chi connectivity index (χ1n) is 10.6. The molecular formula is C26H28N2O3.